The molecule has 0 atom stereocenters. The maximum absolute atomic E-state index is 12.4. The number of hydrogen-bond acceptors (Lipinski definition) is 3. The first-order valence-electron chi connectivity index (χ1n) is 9.73. The van der Waals surface area contributed by atoms with Gasteiger partial charge in [-0.15, -0.1) is 0 Å². The van der Waals surface area contributed by atoms with E-state index in [-0.39, 0.29) is 5.91 Å². The van der Waals surface area contributed by atoms with Crippen LogP contribution in [0.15, 0.2) is 24.3 Å². The monoisotopic (exact) mass is 363 g/mol. The van der Waals surface area contributed by atoms with Crippen molar-refractivity contribution < 1.29 is 4.79 Å². The topological polar surface area (TPSA) is 35.6 Å². The van der Waals surface area contributed by atoms with E-state index in [1.807, 2.05) is 18.2 Å². The summed E-state index contributed by atoms with van der Waals surface area (Å²) in [7, 11) is 0. The molecule has 138 valence electrons. The molecule has 1 aliphatic heterocycles. The van der Waals surface area contributed by atoms with Crippen molar-refractivity contribution in [2.24, 2.45) is 0 Å². The van der Waals surface area contributed by atoms with E-state index in [2.05, 4.69) is 21.2 Å². The number of rotatable bonds is 4. The van der Waals surface area contributed by atoms with Crippen LogP contribution in [0.4, 0.5) is 5.69 Å². The number of para-hydroxylation sites is 1. The summed E-state index contributed by atoms with van der Waals surface area (Å²) in [5, 5.41) is 4.07. The Morgan fingerprint density at radius 1 is 1.00 bits per heavy atom. The molecule has 0 aromatic heterocycles. The Labute approximate surface area is 156 Å². The average molecular weight is 364 g/mol. The fourth-order valence-electron chi connectivity index (χ4n) is 3.93. The van der Waals surface area contributed by atoms with Crippen molar-refractivity contribution in [3.63, 3.8) is 0 Å². The average Bonchev–Trinajstić information content (AvgIpc) is 2.58. The smallest absolute Gasteiger partial charge is 0.234 e. The second-order valence-electron chi connectivity index (χ2n) is 7.32. The second kappa shape index (κ2) is 9.44. The van der Waals surface area contributed by atoms with Gasteiger partial charge in [-0.1, -0.05) is 55.8 Å². The molecule has 1 heterocycles. The largest absolute Gasteiger partial charge is 0.368 e. The van der Waals surface area contributed by atoms with E-state index < -0.39 is 0 Å². The lowest BCUT2D eigenvalue weighted by Crippen LogP contribution is -2.50. The highest BCUT2D eigenvalue weighted by Gasteiger charge is 2.21. The Kier molecular flexibility index (Phi) is 7.00. The number of nitrogens with one attached hydrogen (secondary N) is 1. The minimum absolute atomic E-state index is 0.191. The molecule has 0 unspecified atom stereocenters. The van der Waals surface area contributed by atoms with Crippen molar-refractivity contribution in [3.05, 3.63) is 29.3 Å². The summed E-state index contributed by atoms with van der Waals surface area (Å²) >= 11 is 6.29. The predicted octanol–water partition coefficient (Wildman–Crippen LogP) is 3.69. The van der Waals surface area contributed by atoms with Crippen molar-refractivity contribution in [1.82, 2.24) is 10.2 Å². The minimum atomic E-state index is 0.191. The van der Waals surface area contributed by atoms with Crippen molar-refractivity contribution in [2.45, 2.75) is 51.0 Å². The zero-order valence-corrected chi connectivity index (χ0v) is 15.8. The standard InChI is InChI=1S/C20H30ClN3O/c21-18-10-6-7-11-19(18)24-14-12-23(13-15-24)16-20(25)22-17-8-4-2-1-3-5-9-17/h6-7,10-11,17H,1-5,8-9,12-16H2,(H,22,25). The van der Waals surface area contributed by atoms with E-state index in [0.29, 0.717) is 12.6 Å². The van der Waals surface area contributed by atoms with Gasteiger partial charge >= 0.3 is 0 Å². The van der Waals surface area contributed by atoms with Crippen LogP contribution < -0.4 is 10.2 Å². The Hall–Kier alpha value is -1.26. The van der Waals surface area contributed by atoms with E-state index in [9.17, 15) is 4.79 Å². The molecule has 1 aromatic rings. The lowest BCUT2D eigenvalue weighted by molar-refractivity contribution is -0.123. The quantitative estimate of drug-likeness (QED) is 0.886. The normalized spacial score (nSPS) is 20.8. The molecule has 2 aliphatic rings. The highest BCUT2D eigenvalue weighted by molar-refractivity contribution is 6.33. The molecule has 25 heavy (non-hydrogen) atoms. The van der Waals surface area contributed by atoms with E-state index in [0.717, 1.165) is 49.7 Å². The van der Waals surface area contributed by atoms with Gasteiger partial charge in [0.05, 0.1) is 17.3 Å². The highest BCUT2D eigenvalue weighted by Crippen LogP contribution is 2.26. The third-order valence-electron chi connectivity index (χ3n) is 5.40. The van der Waals surface area contributed by atoms with Gasteiger partial charge in [-0.25, -0.2) is 0 Å². The number of benzene rings is 1. The Balaban J connectivity index is 1.42. The first-order chi connectivity index (χ1) is 12.2. The molecule has 2 fully saturated rings. The van der Waals surface area contributed by atoms with Crippen LogP contribution in [0.5, 0.6) is 0 Å². The lowest BCUT2D eigenvalue weighted by Gasteiger charge is -2.36. The summed E-state index contributed by atoms with van der Waals surface area (Å²) < 4.78 is 0. The molecule has 0 spiro atoms. The van der Waals surface area contributed by atoms with Gasteiger partial charge in [-0.05, 0) is 25.0 Å². The van der Waals surface area contributed by atoms with Crippen molar-refractivity contribution >= 4 is 23.2 Å². The summed E-state index contributed by atoms with van der Waals surface area (Å²) in [6, 6.07) is 8.38. The van der Waals surface area contributed by atoms with E-state index in [1.165, 1.54) is 32.1 Å². The molecule has 1 N–H and O–H groups in total. The Bertz CT molecular complexity index is 550. The maximum atomic E-state index is 12.4. The summed E-state index contributed by atoms with van der Waals surface area (Å²) in [4.78, 5) is 17.0. The molecule has 1 aliphatic carbocycles. The van der Waals surface area contributed by atoms with E-state index >= 15 is 0 Å². The van der Waals surface area contributed by atoms with Crippen molar-refractivity contribution in [2.75, 3.05) is 37.6 Å². The van der Waals surface area contributed by atoms with Crippen LogP contribution in [0.3, 0.4) is 0 Å². The summed E-state index contributed by atoms with van der Waals surface area (Å²) in [5.41, 5.74) is 1.10. The van der Waals surface area contributed by atoms with Gasteiger partial charge in [0, 0.05) is 32.2 Å². The van der Waals surface area contributed by atoms with Crippen LogP contribution in [0, 0.1) is 0 Å². The van der Waals surface area contributed by atoms with Gasteiger partial charge < -0.3 is 10.2 Å². The predicted molar refractivity (Wildman–Crippen MR) is 104 cm³/mol. The van der Waals surface area contributed by atoms with Crippen LogP contribution in [0.2, 0.25) is 5.02 Å². The first-order valence-corrected chi connectivity index (χ1v) is 10.1. The number of carbonyl (C=O) groups is 1. The molecule has 0 radical (unpaired) electrons. The highest BCUT2D eigenvalue weighted by atomic mass is 35.5. The maximum Gasteiger partial charge on any atom is 0.234 e. The zero-order valence-electron chi connectivity index (χ0n) is 15.1. The molecule has 1 saturated heterocycles. The third-order valence-corrected chi connectivity index (χ3v) is 5.72. The molecular formula is C20H30ClN3O. The van der Waals surface area contributed by atoms with Gasteiger partial charge in [0.1, 0.15) is 0 Å². The molecule has 1 aromatic carbocycles. The number of piperazine rings is 1. The number of amides is 1. The first kappa shape index (κ1) is 18.5. The SMILES string of the molecule is O=C(CN1CCN(c2ccccc2Cl)CC1)NC1CCCCCCC1. The summed E-state index contributed by atoms with van der Waals surface area (Å²) in [6.07, 6.45) is 8.78. The van der Waals surface area contributed by atoms with Crippen molar-refractivity contribution in [1.29, 1.82) is 0 Å². The fourth-order valence-corrected chi connectivity index (χ4v) is 4.19. The minimum Gasteiger partial charge on any atom is -0.368 e. The fraction of sp³-hybridized carbons (Fsp3) is 0.650. The molecule has 5 heteroatoms. The number of nitrogens with zero attached hydrogens (tertiary/aromatic N) is 2. The zero-order chi connectivity index (χ0) is 17.5. The van der Waals surface area contributed by atoms with Gasteiger partial charge in [-0.2, -0.15) is 0 Å². The second-order valence-corrected chi connectivity index (χ2v) is 7.73. The summed E-state index contributed by atoms with van der Waals surface area (Å²) in [5.74, 6) is 0.191. The summed E-state index contributed by atoms with van der Waals surface area (Å²) in [6.45, 7) is 4.17. The van der Waals surface area contributed by atoms with Crippen LogP contribution in [-0.4, -0.2) is 49.6 Å². The van der Waals surface area contributed by atoms with Crippen LogP contribution in [0.1, 0.15) is 44.9 Å². The number of halogens is 1. The number of anilines is 1. The number of hydrogen-bond donors (Lipinski definition) is 1. The molecular weight excluding hydrogens is 334 g/mol. The van der Waals surface area contributed by atoms with Gasteiger partial charge in [0.25, 0.3) is 0 Å². The molecule has 0 bridgehead atoms. The number of carbonyl (C=O) groups excluding carboxylic acids is 1. The lowest BCUT2D eigenvalue weighted by atomic mass is 9.97. The molecule has 4 nitrogen and oxygen atoms in total. The van der Waals surface area contributed by atoms with Crippen LogP contribution in [-0.2, 0) is 4.79 Å². The van der Waals surface area contributed by atoms with Gasteiger partial charge in [0.15, 0.2) is 0 Å². The van der Waals surface area contributed by atoms with E-state index in [1.54, 1.807) is 0 Å². The van der Waals surface area contributed by atoms with Crippen LogP contribution >= 0.6 is 11.6 Å². The van der Waals surface area contributed by atoms with Crippen LogP contribution in [0.25, 0.3) is 0 Å². The van der Waals surface area contributed by atoms with Gasteiger partial charge in [-0.3, -0.25) is 9.69 Å². The molecule has 3 rings (SSSR count). The van der Waals surface area contributed by atoms with E-state index in [4.69, 9.17) is 11.6 Å². The van der Waals surface area contributed by atoms with Gasteiger partial charge in [0.2, 0.25) is 5.91 Å². The Morgan fingerprint density at radius 2 is 1.64 bits per heavy atom. The van der Waals surface area contributed by atoms with Crippen molar-refractivity contribution in [3.8, 4) is 0 Å². The molecule has 1 saturated carbocycles. The Morgan fingerprint density at radius 3 is 2.32 bits per heavy atom. The third kappa shape index (κ3) is 5.61. The molecule has 1 amide bonds.